The number of hydrogen-bond acceptors (Lipinski definition) is 7. The Balaban J connectivity index is 1.25. The molecule has 1 fully saturated rings. The number of aromatic hydroxyl groups is 1. The van der Waals surface area contributed by atoms with E-state index in [4.69, 9.17) is 4.74 Å². The molecule has 2 N–H and O–H groups in total. The largest absolute Gasteiger partial charge is 0.508 e. The van der Waals surface area contributed by atoms with Crippen molar-refractivity contribution >= 4 is 27.5 Å². The topological polar surface area (TPSA) is 108 Å². The first-order valence-corrected chi connectivity index (χ1v) is 12.8. The lowest BCUT2D eigenvalue weighted by Crippen LogP contribution is -2.36. The van der Waals surface area contributed by atoms with E-state index >= 15 is 0 Å². The van der Waals surface area contributed by atoms with Gasteiger partial charge in [0, 0.05) is 30.5 Å². The molecule has 0 aliphatic carbocycles. The second-order valence-corrected chi connectivity index (χ2v) is 10.4. The van der Waals surface area contributed by atoms with Gasteiger partial charge in [-0.25, -0.2) is 8.42 Å². The predicted octanol–water partition coefficient (Wildman–Crippen LogP) is 1.16. The van der Waals surface area contributed by atoms with E-state index < -0.39 is 15.9 Å². The third-order valence-electron chi connectivity index (χ3n) is 6.10. The number of carbonyl (C=O) groups excluding carboxylic acids is 1. The number of fused-ring (bicyclic) bond motifs is 1. The Morgan fingerprint density at radius 2 is 1.80 bits per heavy atom. The van der Waals surface area contributed by atoms with Gasteiger partial charge in [-0.05, 0) is 60.2 Å². The minimum absolute atomic E-state index is 0.124. The molecule has 0 bridgehead atoms. The minimum atomic E-state index is -3.68. The molecule has 0 saturated carbocycles. The van der Waals surface area contributed by atoms with Crippen molar-refractivity contribution in [1.29, 1.82) is 0 Å². The standard InChI is InChI=1S/C26H25N3O5S/c30-21-6-9-24-19(14-21)15-25(28-24)26(31)27-17-18-4-7-22(8-5-18)35(32,33)23-3-1-2-20(16-23)29-10-12-34-13-11-29/h1-9,14-16,25,30H,10-13,17H2,(H,27,31). The maximum Gasteiger partial charge on any atom is 0.249 e. The fourth-order valence-corrected chi connectivity index (χ4v) is 5.47. The van der Waals surface area contributed by atoms with Crippen molar-refractivity contribution in [3.05, 3.63) is 82.9 Å². The molecule has 3 aromatic rings. The number of nitrogens with zero attached hydrogens (tertiary/aromatic N) is 2. The van der Waals surface area contributed by atoms with E-state index in [0.29, 0.717) is 18.6 Å². The maximum atomic E-state index is 13.2. The van der Waals surface area contributed by atoms with Crippen LogP contribution in [0.5, 0.6) is 5.75 Å². The Bertz CT molecular complexity index is 1480. The molecule has 0 aromatic heterocycles. The van der Waals surface area contributed by atoms with Gasteiger partial charge in [0.05, 0.1) is 28.4 Å². The zero-order valence-corrected chi connectivity index (χ0v) is 19.7. The number of morpholine rings is 1. The van der Waals surface area contributed by atoms with Crippen molar-refractivity contribution in [3.8, 4) is 5.75 Å². The molecule has 1 saturated heterocycles. The summed E-state index contributed by atoms with van der Waals surface area (Å²) in [4.78, 5) is 19.4. The number of nitrogens with one attached hydrogen (secondary N) is 1. The molecule has 35 heavy (non-hydrogen) atoms. The van der Waals surface area contributed by atoms with Gasteiger partial charge < -0.3 is 20.1 Å². The molecular weight excluding hydrogens is 466 g/mol. The van der Waals surface area contributed by atoms with E-state index in [9.17, 15) is 18.3 Å². The molecule has 1 amide bonds. The number of sulfone groups is 1. The van der Waals surface area contributed by atoms with Crippen LogP contribution in [-0.4, -0.2) is 51.8 Å². The summed E-state index contributed by atoms with van der Waals surface area (Å²) in [5.41, 5.74) is 1.63. The van der Waals surface area contributed by atoms with E-state index in [-0.39, 0.29) is 28.0 Å². The van der Waals surface area contributed by atoms with Gasteiger partial charge in [-0.3, -0.25) is 9.79 Å². The maximum absolute atomic E-state index is 13.2. The van der Waals surface area contributed by atoms with Gasteiger partial charge in [-0.1, -0.05) is 18.2 Å². The Kier molecular flexibility index (Phi) is 6.27. The summed E-state index contributed by atoms with van der Waals surface area (Å²) in [6.07, 6.45) is 1.70. The van der Waals surface area contributed by atoms with E-state index in [1.165, 1.54) is 6.07 Å². The van der Waals surface area contributed by atoms with Crippen LogP contribution in [0.15, 0.2) is 81.5 Å². The van der Waals surface area contributed by atoms with Crippen LogP contribution in [0.25, 0.3) is 6.08 Å². The molecule has 0 spiro atoms. The van der Waals surface area contributed by atoms with Gasteiger partial charge in [0.1, 0.15) is 11.8 Å². The fourth-order valence-electron chi connectivity index (χ4n) is 4.17. The molecule has 2 aliphatic heterocycles. The van der Waals surface area contributed by atoms with Crippen molar-refractivity contribution in [2.45, 2.75) is 22.4 Å². The second-order valence-electron chi connectivity index (χ2n) is 8.45. The molecule has 2 aliphatic rings. The number of ether oxygens (including phenoxy) is 1. The summed E-state index contributed by atoms with van der Waals surface area (Å²) in [6.45, 7) is 2.94. The highest BCUT2D eigenvalue weighted by Gasteiger charge is 2.21. The van der Waals surface area contributed by atoms with Gasteiger partial charge in [-0.2, -0.15) is 0 Å². The molecule has 2 heterocycles. The number of carbonyl (C=O) groups is 1. The summed E-state index contributed by atoms with van der Waals surface area (Å²) in [5.74, 6) is -0.142. The highest BCUT2D eigenvalue weighted by molar-refractivity contribution is 7.91. The normalized spacial score (nSPS) is 17.3. The number of amides is 1. The molecule has 5 rings (SSSR count). The molecule has 3 aromatic carbocycles. The Morgan fingerprint density at radius 3 is 2.57 bits per heavy atom. The van der Waals surface area contributed by atoms with Crippen molar-refractivity contribution in [3.63, 3.8) is 0 Å². The predicted molar refractivity (Wildman–Crippen MR) is 130 cm³/mol. The summed E-state index contributed by atoms with van der Waals surface area (Å²) >= 11 is 0. The average molecular weight is 492 g/mol. The summed E-state index contributed by atoms with van der Waals surface area (Å²) in [6, 6.07) is 17.6. The third kappa shape index (κ3) is 4.91. The second kappa shape index (κ2) is 9.52. The van der Waals surface area contributed by atoms with Crippen LogP contribution >= 0.6 is 0 Å². The van der Waals surface area contributed by atoms with Crippen molar-refractivity contribution in [2.75, 3.05) is 31.2 Å². The van der Waals surface area contributed by atoms with Gasteiger partial charge in [0.15, 0.2) is 0 Å². The highest BCUT2D eigenvalue weighted by Crippen LogP contribution is 2.26. The minimum Gasteiger partial charge on any atom is -0.508 e. The Labute approximate surface area is 203 Å². The SMILES string of the molecule is O=C(NCc1ccc(S(=O)(=O)c2cccc(N3CCOCC3)c2)cc1)C1C=c2cc(O)ccc2=N1. The molecule has 1 atom stereocenters. The lowest BCUT2D eigenvalue weighted by Gasteiger charge is -2.29. The molecule has 9 heteroatoms. The number of rotatable bonds is 6. The van der Waals surface area contributed by atoms with E-state index in [1.54, 1.807) is 60.7 Å². The zero-order chi connectivity index (χ0) is 24.4. The summed E-state index contributed by atoms with van der Waals surface area (Å²) < 4.78 is 31.8. The Hall–Kier alpha value is -3.69. The van der Waals surface area contributed by atoms with Crippen LogP contribution in [0.1, 0.15) is 5.56 Å². The summed E-state index contributed by atoms with van der Waals surface area (Å²) in [5, 5.41) is 13.8. The first-order valence-electron chi connectivity index (χ1n) is 11.3. The number of phenols is 1. The summed E-state index contributed by atoms with van der Waals surface area (Å²) in [7, 11) is -3.68. The fraction of sp³-hybridized carbons (Fsp3) is 0.231. The highest BCUT2D eigenvalue weighted by atomic mass is 32.2. The van der Waals surface area contributed by atoms with Crippen LogP contribution in [0, 0.1) is 0 Å². The number of anilines is 1. The van der Waals surface area contributed by atoms with Crippen LogP contribution in [0.4, 0.5) is 5.69 Å². The monoisotopic (exact) mass is 491 g/mol. The van der Waals surface area contributed by atoms with Gasteiger partial charge >= 0.3 is 0 Å². The molecule has 180 valence electrons. The first kappa shape index (κ1) is 23.1. The van der Waals surface area contributed by atoms with Gasteiger partial charge in [-0.15, -0.1) is 0 Å². The average Bonchev–Trinajstić information content (AvgIpc) is 3.31. The molecule has 0 radical (unpaired) electrons. The van der Waals surface area contributed by atoms with Crippen LogP contribution in [0.3, 0.4) is 0 Å². The smallest absolute Gasteiger partial charge is 0.249 e. The van der Waals surface area contributed by atoms with Crippen LogP contribution in [0.2, 0.25) is 0 Å². The first-order chi connectivity index (χ1) is 16.9. The van der Waals surface area contributed by atoms with Gasteiger partial charge in [0.2, 0.25) is 15.7 Å². The number of hydrogen-bond donors (Lipinski definition) is 2. The lowest BCUT2D eigenvalue weighted by atomic mass is 10.2. The lowest BCUT2D eigenvalue weighted by molar-refractivity contribution is -0.121. The molecular formula is C26H25N3O5S. The van der Waals surface area contributed by atoms with Crippen molar-refractivity contribution < 1.29 is 23.1 Å². The molecule has 8 nitrogen and oxygen atoms in total. The van der Waals surface area contributed by atoms with E-state index in [2.05, 4.69) is 15.2 Å². The molecule has 1 unspecified atom stereocenters. The van der Waals surface area contributed by atoms with Crippen LogP contribution < -0.4 is 20.8 Å². The quantitative estimate of drug-likeness (QED) is 0.536. The number of phenolic OH excluding ortho intramolecular Hbond substituents is 1. The zero-order valence-electron chi connectivity index (χ0n) is 18.9. The van der Waals surface area contributed by atoms with Crippen LogP contribution in [-0.2, 0) is 25.9 Å². The van der Waals surface area contributed by atoms with Crippen molar-refractivity contribution in [1.82, 2.24) is 5.32 Å². The third-order valence-corrected chi connectivity index (χ3v) is 7.87. The van der Waals surface area contributed by atoms with Crippen molar-refractivity contribution in [2.24, 2.45) is 4.99 Å². The van der Waals surface area contributed by atoms with Gasteiger partial charge in [0.25, 0.3) is 0 Å². The Morgan fingerprint density at radius 1 is 1.03 bits per heavy atom. The van der Waals surface area contributed by atoms with E-state index in [0.717, 1.165) is 29.6 Å². The number of benzene rings is 3. The van der Waals surface area contributed by atoms with E-state index in [1.807, 2.05) is 6.07 Å².